The molecule has 0 atom stereocenters. The second-order valence-corrected chi connectivity index (χ2v) is 3.83. The minimum Gasteiger partial charge on any atom is -0.337 e. The van der Waals surface area contributed by atoms with E-state index in [0.717, 1.165) is 29.0 Å². The van der Waals surface area contributed by atoms with Gasteiger partial charge in [-0.15, -0.1) is 0 Å². The molecule has 0 aliphatic rings. The molecule has 0 unspecified atom stereocenters. The molecule has 9 heteroatoms. The molecule has 0 saturated heterocycles. The van der Waals surface area contributed by atoms with Crippen molar-refractivity contribution in [3.8, 4) is 0 Å². The summed E-state index contributed by atoms with van der Waals surface area (Å²) in [6, 6.07) is -0.536. The van der Waals surface area contributed by atoms with Gasteiger partial charge in [-0.1, -0.05) is 6.92 Å². The van der Waals surface area contributed by atoms with Crippen molar-refractivity contribution in [2.45, 2.75) is 13.3 Å². The first kappa shape index (κ1) is 12.3. The van der Waals surface area contributed by atoms with E-state index < -0.39 is 11.0 Å². The second kappa shape index (κ2) is 5.37. The summed E-state index contributed by atoms with van der Waals surface area (Å²) in [6.45, 7) is 2.38. The number of nitrogens with two attached hydrogens (primary N) is 1. The quantitative estimate of drug-likeness (QED) is 0.353. The van der Waals surface area contributed by atoms with Gasteiger partial charge in [-0.05, 0) is 17.8 Å². The van der Waals surface area contributed by atoms with Gasteiger partial charge in [0, 0.05) is 6.54 Å². The van der Waals surface area contributed by atoms with E-state index in [4.69, 9.17) is 5.84 Å². The Morgan fingerprint density at radius 1 is 1.81 bits per heavy atom. The number of hydrogen-bond acceptors (Lipinski definition) is 6. The Balaban J connectivity index is 2.68. The molecule has 1 rings (SSSR count). The first-order valence-electron chi connectivity index (χ1n) is 4.49. The molecule has 1 aromatic heterocycles. The zero-order valence-electron chi connectivity index (χ0n) is 8.54. The van der Waals surface area contributed by atoms with E-state index in [1.165, 1.54) is 0 Å². The Bertz CT molecular complexity index is 393. The highest BCUT2D eigenvalue weighted by Crippen LogP contribution is 2.26. The molecule has 0 bridgehead atoms. The van der Waals surface area contributed by atoms with E-state index in [2.05, 4.69) is 10.3 Å². The number of nitro groups is 1. The third kappa shape index (κ3) is 2.87. The molecule has 0 radical (unpaired) electrons. The zero-order valence-corrected chi connectivity index (χ0v) is 9.36. The molecule has 1 heterocycles. The molecule has 16 heavy (non-hydrogen) atoms. The minimum absolute atomic E-state index is 0.0836. The van der Waals surface area contributed by atoms with Gasteiger partial charge in [0.25, 0.3) is 0 Å². The Kier molecular flexibility index (Phi) is 4.14. The lowest BCUT2D eigenvalue weighted by Crippen LogP contribution is -2.45. The predicted molar refractivity (Wildman–Crippen MR) is 59.1 cm³/mol. The summed E-state index contributed by atoms with van der Waals surface area (Å²) in [5.74, 6) is 5.44. The summed E-state index contributed by atoms with van der Waals surface area (Å²) in [4.78, 5) is 24.9. The van der Waals surface area contributed by atoms with Crippen LogP contribution in [-0.4, -0.2) is 22.5 Å². The molecule has 88 valence electrons. The molecule has 0 aliphatic heterocycles. The standard InChI is InChI=1S/C7H11N5O3S/c1-2-3-9-6(13)11(8)7-10-4-5(16-7)12(14)15/h4H,2-3,8H2,1H3,(H,9,13). The number of nitrogens with one attached hydrogen (secondary N) is 1. The van der Waals surface area contributed by atoms with Crippen molar-refractivity contribution in [3.05, 3.63) is 16.3 Å². The molecule has 8 nitrogen and oxygen atoms in total. The fraction of sp³-hybridized carbons (Fsp3) is 0.429. The molecular weight excluding hydrogens is 234 g/mol. The average Bonchev–Trinajstić information content (AvgIpc) is 2.74. The molecule has 0 fully saturated rings. The van der Waals surface area contributed by atoms with Gasteiger partial charge in [-0.2, -0.15) is 0 Å². The number of hydrogen-bond donors (Lipinski definition) is 2. The van der Waals surface area contributed by atoms with Gasteiger partial charge in [0.1, 0.15) is 6.20 Å². The number of carbonyl (C=O) groups is 1. The molecule has 0 spiro atoms. The number of amides is 2. The van der Waals surface area contributed by atoms with Crippen molar-refractivity contribution < 1.29 is 9.72 Å². The van der Waals surface area contributed by atoms with Gasteiger partial charge in [-0.3, -0.25) is 10.1 Å². The number of carbonyl (C=O) groups excluding carboxylic acids is 1. The number of thiazole rings is 1. The number of rotatable bonds is 4. The minimum atomic E-state index is -0.584. The summed E-state index contributed by atoms with van der Waals surface area (Å²) in [6.07, 6.45) is 1.84. The summed E-state index contributed by atoms with van der Waals surface area (Å²) >= 11 is 0.741. The molecule has 0 aromatic carbocycles. The van der Waals surface area contributed by atoms with Crippen LogP contribution in [0.5, 0.6) is 0 Å². The number of aromatic nitrogens is 1. The fourth-order valence-electron chi connectivity index (χ4n) is 0.856. The lowest BCUT2D eigenvalue weighted by atomic mass is 10.5. The van der Waals surface area contributed by atoms with Crippen LogP contribution in [0.1, 0.15) is 13.3 Å². The van der Waals surface area contributed by atoms with Crippen LogP contribution in [-0.2, 0) is 0 Å². The Labute approximate surface area is 95.2 Å². The van der Waals surface area contributed by atoms with Crippen LogP contribution in [0.4, 0.5) is 14.9 Å². The number of anilines is 1. The Morgan fingerprint density at radius 2 is 2.50 bits per heavy atom. The molecule has 1 aromatic rings. The Morgan fingerprint density at radius 3 is 3.00 bits per heavy atom. The van der Waals surface area contributed by atoms with Crippen molar-refractivity contribution in [1.29, 1.82) is 0 Å². The van der Waals surface area contributed by atoms with Crippen molar-refractivity contribution in [2.75, 3.05) is 11.6 Å². The Hall–Kier alpha value is -1.74. The molecule has 0 aliphatic carbocycles. The monoisotopic (exact) mass is 245 g/mol. The van der Waals surface area contributed by atoms with Crippen LogP contribution in [0.25, 0.3) is 0 Å². The van der Waals surface area contributed by atoms with Crippen LogP contribution < -0.4 is 16.2 Å². The first-order valence-corrected chi connectivity index (χ1v) is 5.30. The van der Waals surface area contributed by atoms with Gasteiger partial charge in [-0.25, -0.2) is 20.6 Å². The van der Waals surface area contributed by atoms with E-state index in [-0.39, 0.29) is 10.1 Å². The number of nitrogens with zero attached hydrogens (tertiary/aromatic N) is 3. The first-order chi connectivity index (χ1) is 7.56. The molecule has 3 N–H and O–H groups in total. The van der Waals surface area contributed by atoms with Crippen LogP contribution >= 0.6 is 11.3 Å². The van der Waals surface area contributed by atoms with Gasteiger partial charge in [0.05, 0.1) is 4.92 Å². The number of hydrazine groups is 1. The topological polar surface area (TPSA) is 114 Å². The number of urea groups is 1. The lowest BCUT2D eigenvalue weighted by Gasteiger charge is -2.12. The molecular formula is C7H11N5O3S. The third-order valence-electron chi connectivity index (χ3n) is 1.61. The zero-order chi connectivity index (χ0) is 12.1. The maximum absolute atomic E-state index is 11.4. The SMILES string of the molecule is CCCNC(=O)N(N)c1ncc([N+](=O)[O-])s1. The maximum atomic E-state index is 11.4. The predicted octanol–water partition coefficient (Wildman–Crippen LogP) is 0.851. The lowest BCUT2D eigenvalue weighted by molar-refractivity contribution is -0.380. The van der Waals surface area contributed by atoms with Gasteiger partial charge >= 0.3 is 11.0 Å². The van der Waals surface area contributed by atoms with Gasteiger partial charge < -0.3 is 5.32 Å². The maximum Gasteiger partial charge on any atom is 0.345 e. The third-order valence-corrected chi connectivity index (χ3v) is 2.56. The smallest absolute Gasteiger partial charge is 0.337 e. The fourth-order valence-corrected chi connectivity index (χ4v) is 1.51. The highest BCUT2D eigenvalue weighted by molar-refractivity contribution is 7.18. The van der Waals surface area contributed by atoms with Crippen LogP contribution in [0.2, 0.25) is 0 Å². The summed E-state index contributed by atoms with van der Waals surface area (Å²) in [5, 5.41) is 13.6. The van der Waals surface area contributed by atoms with Crippen molar-refractivity contribution in [2.24, 2.45) is 5.84 Å². The second-order valence-electron chi connectivity index (χ2n) is 2.84. The van der Waals surface area contributed by atoms with E-state index in [0.29, 0.717) is 6.54 Å². The van der Waals surface area contributed by atoms with Crippen molar-refractivity contribution >= 4 is 27.5 Å². The van der Waals surface area contributed by atoms with E-state index in [1.807, 2.05) is 6.92 Å². The van der Waals surface area contributed by atoms with Crippen LogP contribution in [0, 0.1) is 10.1 Å². The van der Waals surface area contributed by atoms with Crippen LogP contribution in [0.3, 0.4) is 0 Å². The van der Waals surface area contributed by atoms with Crippen molar-refractivity contribution in [1.82, 2.24) is 10.3 Å². The van der Waals surface area contributed by atoms with E-state index in [9.17, 15) is 14.9 Å². The summed E-state index contributed by atoms with van der Waals surface area (Å²) in [7, 11) is 0. The van der Waals surface area contributed by atoms with Crippen LogP contribution in [0.15, 0.2) is 6.20 Å². The van der Waals surface area contributed by atoms with Crippen molar-refractivity contribution in [3.63, 3.8) is 0 Å². The highest BCUT2D eigenvalue weighted by Gasteiger charge is 2.18. The normalized spacial score (nSPS) is 9.88. The van der Waals surface area contributed by atoms with Gasteiger partial charge in [0.2, 0.25) is 5.13 Å². The highest BCUT2D eigenvalue weighted by atomic mass is 32.1. The summed E-state index contributed by atoms with van der Waals surface area (Å²) in [5.41, 5.74) is 0. The molecule has 0 saturated carbocycles. The van der Waals surface area contributed by atoms with E-state index >= 15 is 0 Å². The van der Waals surface area contributed by atoms with Gasteiger partial charge in [0.15, 0.2) is 0 Å². The molecule has 2 amide bonds. The average molecular weight is 245 g/mol. The largest absolute Gasteiger partial charge is 0.345 e. The van der Waals surface area contributed by atoms with E-state index in [1.54, 1.807) is 0 Å². The summed E-state index contributed by atoms with van der Waals surface area (Å²) < 4.78 is 0.